The van der Waals surface area contributed by atoms with Crippen LogP contribution in [-0.2, 0) is 19.2 Å². The van der Waals surface area contributed by atoms with Crippen molar-refractivity contribution in [3.8, 4) is 0 Å². The predicted octanol–water partition coefficient (Wildman–Crippen LogP) is 6.31. The molecule has 0 aliphatic rings. The molecular formula is C32H61N3O5. The second-order valence-corrected chi connectivity index (χ2v) is 12.3. The molecule has 0 aliphatic heterocycles. The Labute approximate surface area is 244 Å². The van der Waals surface area contributed by atoms with E-state index in [1.165, 1.54) is 64.2 Å². The molecule has 0 saturated carbocycles. The summed E-state index contributed by atoms with van der Waals surface area (Å²) in [4.78, 5) is 48.4. The Morgan fingerprint density at radius 3 is 1.65 bits per heavy atom. The number of carboxylic acid groups (broad SMARTS) is 1. The van der Waals surface area contributed by atoms with Gasteiger partial charge in [0.1, 0.15) is 6.04 Å². The van der Waals surface area contributed by atoms with E-state index in [0.29, 0.717) is 19.4 Å². The van der Waals surface area contributed by atoms with Crippen molar-refractivity contribution < 1.29 is 24.3 Å². The second kappa shape index (κ2) is 23.7. The summed E-state index contributed by atoms with van der Waals surface area (Å²) < 4.78 is 0. The number of hydrogen-bond acceptors (Lipinski definition) is 5. The van der Waals surface area contributed by atoms with Crippen LogP contribution in [0, 0.1) is 5.41 Å². The fourth-order valence-electron chi connectivity index (χ4n) is 4.82. The number of hydrogen-bond donors (Lipinski definition) is 4. The monoisotopic (exact) mass is 567 g/mol. The molecule has 0 aromatic heterocycles. The molecule has 8 nitrogen and oxygen atoms in total. The van der Waals surface area contributed by atoms with Crippen molar-refractivity contribution in [3.63, 3.8) is 0 Å². The van der Waals surface area contributed by atoms with E-state index in [1.54, 1.807) is 7.05 Å². The summed E-state index contributed by atoms with van der Waals surface area (Å²) in [6, 6.07) is -1.25. The molecule has 8 heteroatoms. The molecule has 2 unspecified atom stereocenters. The average Bonchev–Trinajstić information content (AvgIpc) is 2.90. The number of Topliss-reactive ketones (excluding diaryl/α,β-unsaturated/α-hetero) is 1. The molecule has 234 valence electrons. The standard InChI is InChI=1S/C32H61N3O5/c1-6-7-8-9-10-11-12-13-14-15-16-17-18-22-29(37)35-27(31(39)40)23-24-28(36)34-25-20-19-21-26(33-5)30(38)32(2,3)4/h26-27,33H,6-25H2,1-5H3,(H,34,36)(H,35,37)(H,39,40). The SMILES string of the molecule is CCCCCCCCCCCCCCCC(=O)NC(CCC(=O)NCCCCC(NC)C(=O)C(C)(C)C)C(=O)O. The normalized spacial score (nSPS) is 13.0. The number of unbranched alkanes of at least 4 members (excludes halogenated alkanes) is 13. The number of carbonyl (C=O) groups is 4. The highest BCUT2D eigenvalue weighted by Crippen LogP contribution is 2.19. The van der Waals surface area contributed by atoms with E-state index in [2.05, 4.69) is 22.9 Å². The third kappa shape index (κ3) is 20.9. The summed E-state index contributed by atoms with van der Waals surface area (Å²) in [5, 5.41) is 17.9. The highest BCUT2D eigenvalue weighted by molar-refractivity contribution is 5.88. The van der Waals surface area contributed by atoms with E-state index in [0.717, 1.165) is 32.1 Å². The van der Waals surface area contributed by atoms with E-state index in [4.69, 9.17) is 0 Å². The van der Waals surface area contributed by atoms with Crippen LogP contribution >= 0.6 is 0 Å². The Hall–Kier alpha value is -1.96. The van der Waals surface area contributed by atoms with E-state index >= 15 is 0 Å². The molecule has 0 heterocycles. The smallest absolute Gasteiger partial charge is 0.326 e. The number of likely N-dealkylation sites (N-methyl/N-ethyl adjacent to an activating group) is 1. The lowest BCUT2D eigenvalue weighted by Crippen LogP contribution is -2.41. The zero-order valence-corrected chi connectivity index (χ0v) is 26.4. The van der Waals surface area contributed by atoms with Gasteiger partial charge in [0, 0.05) is 24.8 Å². The average molecular weight is 568 g/mol. The Morgan fingerprint density at radius 1 is 0.650 bits per heavy atom. The van der Waals surface area contributed by atoms with Gasteiger partial charge in [0.25, 0.3) is 0 Å². The lowest BCUT2D eigenvalue weighted by atomic mass is 9.85. The van der Waals surface area contributed by atoms with E-state index in [1.807, 2.05) is 20.8 Å². The van der Waals surface area contributed by atoms with Crippen LogP contribution in [0.5, 0.6) is 0 Å². The van der Waals surface area contributed by atoms with Crippen LogP contribution in [0.1, 0.15) is 150 Å². The van der Waals surface area contributed by atoms with E-state index in [-0.39, 0.29) is 36.5 Å². The first kappa shape index (κ1) is 38.0. The molecule has 4 N–H and O–H groups in total. The maximum Gasteiger partial charge on any atom is 0.326 e. The van der Waals surface area contributed by atoms with Crippen molar-refractivity contribution in [3.05, 3.63) is 0 Å². The molecule has 40 heavy (non-hydrogen) atoms. The molecule has 0 rings (SSSR count). The number of carboxylic acids is 1. The number of carbonyl (C=O) groups excluding carboxylic acids is 3. The van der Waals surface area contributed by atoms with Gasteiger partial charge in [0.15, 0.2) is 5.78 Å². The number of amides is 2. The first-order chi connectivity index (χ1) is 19.0. The highest BCUT2D eigenvalue weighted by atomic mass is 16.4. The first-order valence-electron chi connectivity index (χ1n) is 16.0. The van der Waals surface area contributed by atoms with Crippen molar-refractivity contribution in [2.24, 2.45) is 5.41 Å². The van der Waals surface area contributed by atoms with Crippen molar-refractivity contribution in [2.45, 2.75) is 162 Å². The van der Waals surface area contributed by atoms with Crippen molar-refractivity contribution in [2.75, 3.05) is 13.6 Å². The Kier molecular flexibility index (Phi) is 22.6. The molecule has 0 bridgehead atoms. The third-order valence-corrected chi connectivity index (χ3v) is 7.45. The summed E-state index contributed by atoms with van der Waals surface area (Å²) in [6.45, 7) is 8.45. The molecule has 0 aromatic carbocycles. The van der Waals surface area contributed by atoms with Gasteiger partial charge >= 0.3 is 5.97 Å². The predicted molar refractivity (Wildman–Crippen MR) is 163 cm³/mol. The first-order valence-corrected chi connectivity index (χ1v) is 16.0. The number of rotatable bonds is 26. The Morgan fingerprint density at radius 2 is 1.18 bits per heavy atom. The van der Waals surface area contributed by atoms with Crippen LogP contribution in [0.4, 0.5) is 0 Å². The minimum Gasteiger partial charge on any atom is -0.480 e. The third-order valence-electron chi connectivity index (χ3n) is 7.45. The molecule has 0 aliphatic carbocycles. The van der Waals surface area contributed by atoms with Crippen molar-refractivity contribution in [1.82, 2.24) is 16.0 Å². The summed E-state index contributed by atoms with van der Waals surface area (Å²) in [5.74, 6) is -1.43. The summed E-state index contributed by atoms with van der Waals surface area (Å²) in [7, 11) is 1.78. The summed E-state index contributed by atoms with van der Waals surface area (Å²) >= 11 is 0. The molecule has 2 amide bonds. The maximum absolute atomic E-state index is 12.4. The topological polar surface area (TPSA) is 125 Å². The van der Waals surface area contributed by atoms with Crippen LogP contribution in [0.15, 0.2) is 0 Å². The Balaban J connectivity index is 3.93. The van der Waals surface area contributed by atoms with Crippen LogP contribution in [0.25, 0.3) is 0 Å². The lowest BCUT2D eigenvalue weighted by Gasteiger charge is -2.24. The van der Waals surface area contributed by atoms with Gasteiger partial charge in [-0.1, -0.05) is 105 Å². The largest absolute Gasteiger partial charge is 0.480 e. The fourth-order valence-corrected chi connectivity index (χ4v) is 4.82. The zero-order chi connectivity index (χ0) is 30.2. The molecule has 0 radical (unpaired) electrons. The van der Waals surface area contributed by atoms with E-state index in [9.17, 15) is 24.3 Å². The lowest BCUT2D eigenvalue weighted by molar-refractivity contribution is -0.142. The van der Waals surface area contributed by atoms with Crippen molar-refractivity contribution >= 4 is 23.6 Å². The fraction of sp³-hybridized carbons (Fsp3) is 0.875. The van der Waals surface area contributed by atoms with Gasteiger partial charge in [-0.05, 0) is 39.2 Å². The minimum absolute atomic E-state index is 0.0393. The molecule has 0 spiro atoms. The Bertz CT molecular complexity index is 705. The van der Waals surface area contributed by atoms with Gasteiger partial charge in [0.05, 0.1) is 6.04 Å². The van der Waals surface area contributed by atoms with Crippen molar-refractivity contribution in [1.29, 1.82) is 0 Å². The molecule has 2 atom stereocenters. The van der Waals surface area contributed by atoms with Gasteiger partial charge in [-0.25, -0.2) is 4.79 Å². The van der Waals surface area contributed by atoms with Gasteiger partial charge in [0.2, 0.25) is 11.8 Å². The number of aliphatic carboxylic acids is 1. The van der Waals surface area contributed by atoms with Gasteiger partial charge < -0.3 is 21.1 Å². The van der Waals surface area contributed by atoms with Crippen LogP contribution in [0.3, 0.4) is 0 Å². The van der Waals surface area contributed by atoms with Crippen LogP contribution in [-0.4, -0.2) is 54.3 Å². The van der Waals surface area contributed by atoms with Crippen LogP contribution < -0.4 is 16.0 Å². The molecule has 0 aromatic rings. The quantitative estimate of drug-likeness (QED) is 0.0908. The van der Waals surface area contributed by atoms with Gasteiger partial charge in [-0.3, -0.25) is 14.4 Å². The van der Waals surface area contributed by atoms with Gasteiger partial charge in [-0.2, -0.15) is 0 Å². The maximum atomic E-state index is 12.4. The molecule has 0 fully saturated rings. The second-order valence-electron chi connectivity index (χ2n) is 12.3. The van der Waals surface area contributed by atoms with Crippen LogP contribution in [0.2, 0.25) is 0 Å². The summed E-state index contributed by atoms with van der Waals surface area (Å²) in [6.07, 6.45) is 18.6. The minimum atomic E-state index is -1.12. The highest BCUT2D eigenvalue weighted by Gasteiger charge is 2.28. The number of nitrogens with one attached hydrogen (secondary N) is 3. The molecule has 0 saturated heterocycles. The van der Waals surface area contributed by atoms with E-state index < -0.39 is 17.4 Å². The molecular weight excluding hydrogens is 506 g/mol. The zero-order valence-electron chi connectivity index (χ0n) is 26.4. The summed E-state index contributed by atoms with van der Waals surface area (Å²) in [5.41, 5.74) is -0.398. The number of ketones is 1. The van der Waals surface area contributed by atoms with Gasteiger partial charge in [-0.15, -0.1) is 0 Å².